The number of benzene rings is 1. The van der Waals surface area contributed by atoms with Crippen LogP contribution < -0.4 is 5.32 Å². The minimum absolute atomic E-state index is 0.00699. The maximum atomic E-state index is 12.4. The van der Waals surface area contributed by atoms with Gasteiger partial charge in [-0.15, -0.1) is 0 Å². The molecule has 1 aromatic carbocycles. The molecule has 1 heterocycles. The zero-order valence-corrected chi connectivity index (χ0v) is 17.3. The highest BCUT2D eigenvalue weighted by molar-refractivity contribution is 6.44. The molecule has 2 unspecified atom stereocenters. The van der Waals surface area contributed by atoms with Gasteiger partial charge in [-0.3, -0.25) is 14.4 Å². The molecular formula is C18H21Cl3N2O4. The van der Waals surface area contributed by atoms with Crippen molar-refractivity contribution in [2.75, 3.05) is 18.4 Å². The summed E-state index contributed by atoms with van der Waals surface area (Å²) in [6, 6.07) is 2.84. The fourth-order valence-corrected chi connectivity index (χ4v) is 3.39. The van der Waals surface area contributed by atoms with Crippen LogP contribution in [0.5, 0.6) is 0 Å². The minimum atomic E-state index is -1.03. The van der Waals surface area contributed by atoms with E-state index in [1.54, 1.807) is 11.8 Å². The smallest absolute Gasteiger partial charge is 0.311 e. The molecule has 1 N–H and O–H groups in total. The molecule has 0 spiro atoms. The normalized spacial score (nSPS) is 18.0. The van der Waals surface area contributed by atoms with Gasteiger partial charge in [0.1, 0.15) is 0 Å². The van der Waals surface area contributed by atoms with Crippen LogP contribution in [0.25, 0.3) is 0 Å². The number of ether oxygens (including phenoxy) is 1. The van der Waals surface area contributed by atoms with E-state index in [0.29, 0.717) is 25.9 Å². The molecule has 1 saturated heterocycles. The Morgan fingerprint density at radius 1 is 1.22 bits per heavy atom. The van der Waals surface area contributed by atoms with E-state index in [4.69, 9.17) is 39.5 Å². The van der Waals surface area contributed by atoms with Gasteiger partial charge < -0.3 is 15.0 Å². The summed E-state index contributed by atoms with van der Waals surface area (Å²) >= 11 is 17.8. The number of hydrogen-bond donors (Lipinski definition) is 1. The molecule has 27 heavy (non-hydrogen) atoms. The summed E-state index contributed by atoms with van der Waals surface area (Å²) in [6.07, 6.45) is 0.718. The first-order chi connectivity index (χ1) is 12.7. The first-order valence-corrected chi connectivity index (χ1v) is 9.80. The van der Waals surface area contributed by atoms with Crippen molar-refractivity contribution >= 4 is 58.3 Å². The molecule has 1 aliphatic rings. The number of esters is 1. The lowest BCUT2D eigenvalue weighted by molar-refractivity contribution is -0.159. The van der Waals surface area contributed by atoms with E-state index >= 15 is 0 Å². The summed E-state index contributed by atoms with van der Waals surface area (Å²) in [5.41, 5.74) is 0.274. The van der Waals surface area contributed by atoms with Crippen molar-refractivity contribution in [2.24, 2.45) is 5.92 Å². The van der Waals surface area contributed by atoms with Gasteiger partial charge in [0.25, 0.3) is 5.91 Å². The quantitative estimate of drug-likeness (QED) is 0.556. The van der Waals surface area contributed by atoms with E-state index in [1.807, 2.05) is 0 Å². The summed E-state index contributed by atoms with van der Waals surface area (Å²) < 4.78 is 5.29. The lowest BCUT2D eigenvalue weighted by Gasteiger charge is -2.31. The van der Waals surface area contributed by atoms with E-state index in [1.165, 1.54) is 19.1 Å². The van der Waals surface area contributed by atoms with Crippen LogP contribution in [0.3, 0.4) is 0 Å². The van der Waals surface area contributed by atoms with E-state index in [9.17, 15) is 14.4 Å². The highest BCUT2D eigenvalue weighted by Gasteiger charge is 2.31. The van der Waals surface area contributed by atoms with Crippen LogP contribution in [0.1, 0.15) is 33.1 Å². The van der Waals surface area contributed by atoms with Gasteiger partial charge in [0, 0.05) is 19.5 Å². The van der Waals surface area contributed by atoms with E-state index in [2.05, 4.69) is 5.32 Å². The lowest BCUT2D eigenvalue weighted by Crippen LogP contribution is -2.43. The molecule has 148 valence electrons. The van der Waals surface area contributed by atoms with Gasteiger partial charge in [0.05, 0.1) is 26.7 Å². The number of likely N-dealkylation sites (tertiary alicyclic amines) is 1. The highest BCUT2D eigenvalue weighted by atomic mass is 35.5. The minimum Gasteiger partial charge on any atom is -0.452 e. The number of anilines is 1. The average molecular weight is 436 g/mol. The number of nitrogens with zero attached hydrogens (tertiary/aromatic N) is 1. The van der Waals surface area contributed by atoms with Crippen LogP contribution >= 0.6 is 34.8 Å². The summed E-state index contributed by atoms with van der Waals surface area (Å²) in [5.74, 6) is -1.46. The molecule has 0 radical (unpaired) electrons. The van der Waals surface area contributed by atoms with Crippen LogP contribution in [-0.4, -0.2) is 41.9 Å². The number of piperidine rings is 1. The first-order valence-electron chi connectivity index (χ1n) is 8.66. The van der Waals surface area contributed by atoms with Crippen LogP contribution in [0.15, 0.2) is 12.1 Å². The number of carbonyl (C=O) groups excluding carboxylic acids is 3. The van der Waals surface area contributed by atoms with E-state index in [0.717, 1.165) is 6.42 Å². The Hall–Kier alpha value is -1.50. The number of nitrogens with one attached hydrogen (secondary N) is 1. The second kappa shape index (κ2) is 9.62. The Labute approximate surface area is 173 Å². The van der Waals surface area contributed by atoms with Crippen LogP contribution in [0, 0.1) is 5.92 Å². The monoisotopic (exact) mass is 434 g/mol. The van der Waals surface area contributed by atoms with Gasteiger partial charge in [0.15, 0.2) is 6.10 Å². The topological polar surface area (TPSA) is 75.7 Å². The molecule has 2 atom stereocenters. The number of rotatable bonds is 5. The molecule has 1 aliphatic heterocycles. The SMILES string of the molecule is CCC(=O)N1CCCC(C(=O)OC(C)C(=O)Nc2cc(Cl)c(Cl)cc2Cl)C1. The highest BCUT2D eigenvalue weighted by Crippen LogP contribution is 2.32. The molecule has 2 rings (SSSR count). The zero-order chi connectivity index (χ0) is 20.1. The zero-order valence-electron chi connectivity index (χ0n) is 15.1. The number of carbonyl (C=O) groups is 3. The maximum absolute atomic E-state index is 12.4. The van der Waals surface area contributed by atoms with Crippen molar-refractivity contribution in [3.63, 3.8) is 0 Å². The van der Waals surface area contributed by atoms with Gasteiger partial charge in [-0.2, -0.15) is 0 Å². The molecule has 6 nitrogen and oxygen atoms in total. The summed E-state index contributed by atoms with van der Waals surface area (Å²) in [6.45, 7) is 4.21. The maximum Gasteiger partial charge on any atom is 0.311 e. The Kier molecular flexibility index (Phi) is 7.77. The standard InChI is InChI=1S/C18H21Cl3N2O4/c1-3-16(24)23-6-4-5-11(9-23)18(26)27-10(2)17(25)22-15-8-13(20)12(19)7-14(15)21/h7-8,10-11H,3-6,9H2,1-2H3,(H,22,25). The fraction of sp³-hybridized carbons (Fsp3) is 0.500. The third-order valence-corrected chi connectivity index (χ3v) is 5.37. The average Bonchev–Trinajstić information content (AvgIpc) is 2.65. The summed E-state index contributed by atoms with van der Waals surface area (Å²) in [5, 5.41) is 3.29. The Morgan fingerprint density at radius 3 is 2.56 bits per heavy atom. The lowest BCUT2D eigenvalue weighted by atomic mass is 9.98. The largest absolute Gasteiger partial charge is 0.452 e. The second-order valence-electron chi connectivity index (χ2n) is 6.35. The number of hydrogen-bond acceptors (Lipinski definition) is 4. The molecule has 0 aromatic heterocycles. The Balaban J connectivity index is 1.94. The molecule has 9 heteroatoms. The van der Waals surface area contributed by atoms with Gasteiger partial charge >= 0.3 is 5.97 Å². The molecule has 0 aliphatic carbocycles. The molecule has 1 aromatic rings. The molecule has 1 fully saturated rings. The van der Waals surface area contributed by atoms with Crippen LogP contribution in [0.4, 0.5) is 5.69 Å². The third kappa shape index (κ3) is 5.74. The predicted octanol–water partition coefficient (Wildman–Crippen LogP) is 4.17. The van der Waals surface area contributed by atoms with Gasteiger partial charge in [-0.25, -0.2) is 0 Å². The van der Waals surface area contributed by atoms with Gasteiger partial charge in [0.2, 0.25) is 5.91 Å². The Morgan fingerprint density at radius 2 is 1.89 bits per heavy atom. The first kappa shape index (κ1) is 21.8. The fourth-order valence-electron chi connectivity index (χ4n) is 2.80. The Bertz CT molecular complexity index is 742. The summed E-state index contributed by atoms with van der Waals surface area (Å²) in [7, 11) is 0. The molecule has 0 bridgehead atoms. The van der Waals surface area contributed by atoms with E-state index < -0.39 is 23.9 Å². The van der Waals surface area contributed by atoms with Crippen molar-refractivity contribution < 1.29 is 19.1 Å². The number of amides is 2. The van der Waals surface area contributed by atoms with Gasteiger partial charge in [-0.1, -0.05) is 41.7 Å². The van der Waals surface area contributed by atoms with Crippen molar-refractivity contribution in [3.8, 4) is 0 Å². The van der Waals surface area contributed by atoms with Crippen LogP contribution in [-0.2, 0) is 19.1 Å². The second-order valence-corrected chi connectivity index (χ2v) is 7.57. The van der Waals surface area contributed by atoms with Crippen molar-refractivity contribution in [3.05, 3.63) is 27.2 Å². The third-order valence-electron chi connectivity index (χ3n) is 4.34. The molecular weight excluding hydrogens is 415 g/mol. The van der Waals surface area contributed by atoms with Crippen molar-refractivity contribution in [2.45, 2.75) is 39.2 Å². The van der Waals surface area contributed by atoms with Crippen LogP contribution in [0.2, 0.25) is 15.1 Å². The molecule has 0 saturated carbocycles. The van der Waals surface area contributed by atoms with Crippen molar-refractivity contribution in [1.29, 1.82) is 0 Å². The van der Waals surface area contributed by atoms with E-state index in [-0.39, 0.29) is 26.7 Å². The molecule has 2 amide bonds. The predicted molar refractivity (Wildman–Crippen MR) is 105 cm³/mol. The van der Waals surface area contributed by atoms with Crippen molar-refractivity contribution in [1.82, 2.24) is 4.90 Å². The number of halogens is 3. The van der Waals surface area contributed by atoms with Gasteiger partial charge in [-0.05, 0) is 31.9 Å². The summed E-state index contributed by atoms with van der Waals surface area (Å²) in [4.78, 5) is 38.2.